The number of amides is 1. The maximum atomic E-state index is 11.2. The van der Waals surface area contributed by atoms with Crippen molar-refractivity contribution in [2.75, 3.05) is 0 Å². The third-order valence-electron chi connectivity index (χ3n) is 2.47. The number of hydrogen-bond donors (Lipinski definition) is 2. The van der Waals surface area contributed by atoms with Crippen LogP contribution in [0.2, 0.25) is 5.02 Å². The summed E-state index contributed by atoms with van der Waals surface area (Å²) in [5.74, 6) is -0.661. The van der Waals surface area contributed by atoms with Crippen molar-refractivity contribution in [3.05, 3.63) is 58.4 Å². The molecule has 18 heavy (non-hydrogen) atoms. The molecule has 0 fully saturated rings. The monoisotopic (exact) mass is 262 g/mol. The molecule has 2 aromatic rings. The Balaban J connectivity index is 2.46. The summed E-state index contributed by atoms with van der Waals surface area (Å²) in [6.07, 6.45) is 4.93. The van der Waals surface area contributed by atoms with Gasteiger partial charge in [-0.1, -0.05) is 11.6 Å². The van der Waals surface area contributed by atoms with Crippen molar-refractivity contribution in [1.82, 2.24) is 9.55 Å². The van der Waals surface area contributed by atoms with Crippen molar-refractivity contribution < 1.29 is 4.79 Å². The number of nitrogens with two attached hydrogens (primary N) is 1. The minimum absolute atomic E-state index is 0.0451. The first-order valence-corrected chi connectivity index (χ1v) is 5.59. The van der Waals surface area contributed by atoms with Crippen molar-refractivity contribution in [3.63, 3.8) is 0 Å². The number of halogens is 1. The predicted octanol–water partition coefficient (Wildman–Crippen LogP) is 1.16. The summed E-state index contributed by atoms with van der Waals surface area (Å²) < 4.78 is 1.57. The summed E-state index contributed by atoms with van der Waals surface area (Å²) in [6.45, 7) is 0.433. The van der Waals surface area contributed by atoms with E-state index in [0.29, 0.717) is 11.6 Å². The molecule has 2 aromatic heterocycles. The third-order valence-corrected chi connectivity index (χ3v) is 2.68. The van der Waals surface area contributed by atoms with Gasteiger partial charge in [-0.25, -0.2) is 0 Å². The highest BCUT2D eigenvalue weighted by Crippen LogP contribution is 2.08. The minimum atomic E-state index is -0.661. The fourth-order valence-corrected chi connectivity index (χ4v) is 1.84. The first kappa shape index (κ1) is 12.3. The van der Waals surface area contributed by atoms with Crippen LogP contribution in [0.3, 0.4) is 0 Å². The molecule has 0 atom stereocenters. The van der Waals surface area contributed by atoms with E-state index in [-0.39, 0.29) is 11.1 Å². The number of carbonyl (C=O) groups is 1. The van der Waals surface area contributed by atoms with Crippen LogP contribution in [-0.4, -0.2) is 15.5 Å². The Bertz CT molecular complexity index is 636. The van der Waals surface area contributed by atoms with E-state index in [4.69, 9.17) is 22.7 Å². The second-order valence-corrected chi connectivity index (χ2v) is 4.20. The number of primary amides is 1. The second-order valence-electron chi connectivity index (χ2n) is 3.77. The van der Waals surface area contributed by atoms with Gasteiger partial charge in [-0.05, 0) is 23.8 Å². The summed E-state index contributed by atoms with van der Waals surface area (Å²) in [5.41, 5.74) is 6.32. The number of rotatable bonds is 3. The highest BCUT2D eigenvalue weighted by atomic mass is 35.5. The Labute approximate surface area is 108 Å². The SMILES string of the molecule is N=c1c(C(N)=O)cc(Cl)cn1Cc1ccncc1. The van der Waals surface area contributed by atoms with Crippen molar-refractivity contribution in [2.24, 2.45) is 5.73 Å². The van der Waals surface area contributed by atoms with Crippen molar-refractivity contribution >= 4 is 17.5 Å². The second kappa shape index (κ2) is 5.01. The van der Waals surface area contributed by atoms with Crippen LogP contribution >= 0.6 is 11.6 Å². The fourth-order valence-electron chi connectivity index (χ4n) is 1.61. The van der Waals surface area contributed by atoms with Gasteiger partial charge in [0, 0.05) is 25.1 Å². The van der Waals surface area contributed by atoms with Crippen LogP contribution in [0.25, 0.3) is 0 Å². The van der Waals surface area contributed by atoms with Crippen LogP contribution in [0.5, 0.6) is 0 Å². The fraction of sp³-hybridized carbons (Fsp3) is 0.0833. The zero-order valence-electron chi connectivity index (χ0n) is 9.43. The first-order chi connectivity index (χ1) is 8.58. The van der Waals surface area contributed by atoms with Crippen LogP contribution in [0.1, 0.15) is 15.9 Å². The molecule has 0 aliphatic heterocycles. The van der Waals surface area contributed by atoms with Gasteiger partial charge in [-0.15, -0.1) is 0 Å². The van der Waals surface area contributed by atoms with E-state index in [1.165, 1.54) is 6.07 Å². The molecule has 0 bridgehead atoms. The van der Waals surface area contributed by atoms with Gasteiger partial charge in [0.2, 0.25) is 0 Å². The Morgan fingerprint density at radius 2 is 2.11 bits per heavy atom. The quantitative estimate of drug-likeness (QED) is 0.870. The van der Waals surface area contributed by atoms with E-state index >= 15 is 0 Å². The average molecular weight is 263 g/mol. The normalized spacial score (nSPS) is 10.3. The maximum Gasteiger partial charge on any atom is 0.252 e. The highest BCUT2D eigenvalue weighted by Gasteiger charge is 2.08. The van der Waals surface area contributed by atoms with Crippen LogP contribution in [0.4, 0.5) is 0 Å². The van der Waals surface area contributed by atoms with Gasteiger partial charge in [0.1, 0.15) is 5.49 Å². The van der Waals surface area contributed by atoms with E-state index in [1.807, 2.05) is 12.1 Å². The van der Waals surface area contributed by atoms with Gasteiger partial charge in [0.05, 0.1) is 10.6 Å². The van der Waals surface area contributed by atoms with Gasteiger partial charge in [0.25, 0.3) is 5.91 Å². The van der Waals surface area contributed by atoms with Crippen molar-refractivity contribution in [3.8, 4) is 0 Å². The number of nitrogens with one attached hydrogen (secondary N) is 1. The molecule has 92 valence electrons. The number of aromatic nitrogens is 2. The summed E-state index contributed by atoms with van der Waals surface area (Å²) in [4.78, 5) is 15.1. The number of carbonyl (C=O) groups excluding carboxylic acids is 1. The Kier molecular flexibility index (Phi) is 3.43. The molecule has 3 N–H and O–H groups in total. The lowest BCUT2D eigenvalue weighted by Gasteiger charge is -2.09. The van der Waals surface area contributed by atoms with Crippen LogP contribution in [0, 0.1) is 5.41 Å². The molecule has 0 spiro atoms. The molecule has 2 heterocycles. The summed E-state index contributed by atoms with van der Waals surface area (Å²) in [7, 11) is 0. The maximum absolute atomic E-state index is 11.2. The topological polar surface area (TPSA) is 84.8 Å². The molecule has 5 nitrogen and oxygen atoms in total. The molecule has 1 amide bonds. The Morgan fingerprint density at radius 1 is 1.44 bits per heavy atom. The molecule has 6 heteroatoms. The number of hydrogen-bond acceptors (Lipinski definition) is 3. The predicted molar refractivity (Wildman–Crippen MR) is 67.2 cm³/mol. The molecular formula is C12H11ClN4O. The lowest BCUT2D eigenvalue weighted by molar-refractivity contribution is 0.0998. The minimum Gasteiger partial charge on any atom is -0.365 e. The van der Waals surface area contributed by atoms with Crippen molar-refractivity contribution in [1.29, 1.82) is 5.41 Å². The lowest BCUT2D eigenvalue weighted by Crippen LogP contribution is -2.29. The molecule has 0 aliphatic rings. The molecule has 2 rings (SSSR count). The molecule has 0 aromatic carbocycles. The summed E-state index contributed by atoms with van der Waals surface area (Å²) in [6, 6.07) is 5.06. The Morgan fingerprint density at radius 3 is 2.72 bits per heavy atom. The zero-order chi connectivity index (χ0) is 13.1. The number of pyridine rings is 2. The molecule has 0 radical (unpaired) electrons. The zero-order valence-corrected chi connectivity index (χ0v) is 10.2. The number of nitrogens with zero attached hydrogens (tertiary/aromatic N) is 2. The van der Waals surface area contributed by atoms with Crippen LogP contribution in [0.15, 0.2) is 36.8 Å². The molecule has 0 saturated heterocycles. The standard InChI is InChI=1S/C12H11ClN4O/c13-9-5-10(12(15)18)11(14)17(7-9)6-8-1-3-16-4-2-8/h1-5,7,14H,6H2,(H2,15,18). The van der Waals surface area contributed by atoms with Gasteiger partial charge in [-0.2, -0.15) is 0 Å². The Hall–Kier alpha value is -2.14. The van der Waals surface area contributed by atoms with E-state index in [1.54, 1.807) is 23.2 Å². The first-order valence-electron chi connectivity index (χ1n) is 5.21. The van der Waals surface area contributed by atoms with Crippen molar-refractivity contribution in [2.45, 2.75) is 6.54 Å². The molecule has 0 aliphatic carbocycles. The highest BCUT2D eigenvalue weighted by molar-refractivity contribution is 6.30. The van der Waals surface area contributed by atoms with Crippen LogP contribution in [-0.2, 0) is 6.54 Å². The van der Waals surface area contributed by atoms with E-state index in [0.717, 1.165) is 5.56 Å². The molecule has 0 saturated carbocycles. The van der Waals surface area contributed by atoms with Gasteiger partial charge < -0.3 is 10.3 Å². The third kappa shape index (κ3) is 2.57. The van der Waals surface area contributed by atoms with E-state index in [9.17, 15) is 4.79 Å². The largest absolute Gasteiger partial charge is 0.365 e. The van der Waals surface area contributed by atoms with Gasteiger partial charge in [0.15, 0.2) is 0 Å². The van der Waals surface area contributed by atoms with E-state index in [2.05, 4.69) is 4.98 Å². The van der Waals surface area contributed by atoms with Crippen LogP contribution < -0.4 is 11.2 Å². The van der Waals surface area contributed by atoms with E-state index < -0.39 is 5.91 Å². The smallest absolute Gasteiger partial charge is 0.252 e. The molecular weight excluding hydrogens is 252 g/mol. The van der Waals surface area contributed by atoms with Gasteiger partial charge in [-0.3, -0.25) is 15.2 Å². The lowest BCUT2D eigenvalue weighted by atomic mass is 10.2. The summed E-state index contributed by atoms with van der Waals surface area (Å²) in [5, 5.41) is 8.28. The summed E-state index contributed by atoms with van der Waals surface area (Å²) >= 11 is 5.91. The average Bonchev–Trinajstić information content (AvgIpc) is 2.34. The van der Waals surface area contributed by atoms with Gasteiger partial charge >= 0.3 is 0 Å². The molecule has 0 unspecified atom stereocenters.